The Bertz CT molecular complexity index is 440. The molecule has 0 aliphatic carbocycles. The second-order valence-corrected chi connectivity index (χ2v) is 4.19. The Balaban J connectivity index is 2.77. The van der Waals surface area contributed by atoms with Crippen LogP contribution in [0.4, 0.5) is 0 Å². The zero-order valence-corrected chi connectivity index (χ0v) is 10.9. The van der Waals surface area contributed by atoms with E-state index in [9.17, 15) is 9.59 Å². The van der Waals surface area contributed by atoms with Crippen molar-refractivity contribution in [2.45, 2.75) is 39.2 Å². The Morgan fingerprint density at radius 2 is 2.17 bits per heavy atom. The third-order valence-corrected chi connectivity index (χ3v) is 2.73. The summed E-state index contributed by atoms with van der Waals surface area (Å²) in [6.07, 6.45) is 2.84. The molecule has 100 valence electrons. The molecule has 1 rings (SSSR count). The molecule has 6 nitrogen and oxygen atoms in total. The normalized spacial score (nSPS) is 12.2. The molecule has 0 bridgehead atoms. The molecule has 18 heavy (non-hydrogen) atoms. The van der Waals surface area contributed by atoms with Crippen LogP contribution in [0.1, 0.15) is 42.7 Å². The second kappa shape index (κ2) is 6.18. The SMILES string of the molecule is CCc1nn(C)cc1C(=O)NC(CC)CC(=O)O. The Labute approximate surface area is 106 Å². The van der Waals surface area contributed by atoms with Gasteiger partial charge in [0.25, 0.3) is 5.91 Å². The maximum absolute atomic E-state index is 12.0. The number of carbonyl (C=O) groups is 2. The Morgan fingerprint density at radius 3 is 2.67 bits per heavy atom. The van der Waals surface area contributed by atoms with Gasteiger partial charge >= 0.3 is 5.97 Å². The van der Waals surface area contributed by atoms with E-state index in [-0.39, 0.29) is 18.4 Å². The van der Waals surface area contributed by atoms with E-state index >= 15 is 0 Å². The number of aromatic nitrogens is 2. The summed E-state index contributed by atoms with van der Waals surface area (Å²) in [5, 5.41) is 15.6. The number of aryl methyl sites for hydroxylation is 2. The number of hydrogen-bond acceptors (Lipinski definition) is 3. The van der Waals surface area contributed by atoms with Crippen molar-refractivity contribution in [1.29, 1.82) is 0 Å². The molecule has 1 heterocycles. The summed E-state index contributed by atoms with van der Waals surface area (Å²) in [5.74, 6) is -1.17. The number of nitrogens with zero attached hydrogens (tertiary/aromatic N) is 2. The van der Waals surface area contributed by atoms with Gasteiger partial charge in [0.1, 0.15) is 0 Å². The average Bonchev–Trinajstić information content (AvgIpc) is 2.69. The zero-order chi connectivity index (χ0) is 13.7. The quantitative estimate of drug-likeness (QED) is 0.791. The van der Waals surface area contributed by atoms with Gasteiger partial charge in [-0.1, -0.05) is 13.8 Å². The number of amides is 1. The van der Waals surface area contributed by atoms with Gasteiger partial charge in [0.05, 0.1) is 17.7 Å². The van der Waals surface area contributed by atoms with Crippen LogP contribution in [0, 0.1) is 0 Å². The monoisotopic (exact) mass is 253 g/mol. The van der Waals surface area contributed by atoms with Crippen molar-refractivity contribution in [2.24, 2.45) is 7.05 Å². The number of carboxylic acids is 1. The number of carboxylic acid groups (broad SMARTS) is 1. The van der Waals surface area contributed by atoms with E-state index in [0.29, 0.717) is 18.4 Å². The largest absolute Gasteiger partial charge is 0.481 e. The molecule has 0 saturated carbocycles. The minimum Gasteiger partial charge on any atom is -0.481 e. The number of aliphatic carboxylic acids is 1. The van der Waals surface area contributed by atoms with Crippen molar-refractivity contribution in [3.63, 3.8) is 0 Å². The Hall–Kier alpha value is -1.85. The van der Waals surface area contributed by atoms with Crippen LogP contribution < -0.4 is 5.32 Å². The van der Waals surface area contributed by atoms with E-state index in [1.54, 1.807) is 17.9 Å². The number of rotatable bonds is 6. The van der Waals surface area contributed by atoms with E-state index in [1.165, 1.54) is 0 Å². The third-order valence-electron chi connectivity index (χ3n) is 2.73. The summed E-state index contributed by atoms with van der Waals surface area (Å²) in [6.45, 7) is 3.77. The minimum atomic E-state index is -0.913. The molecular weight excluding hydrogens is 234 g/mol. The molecule has 0 aromatic carbocycles. The highest BCUT2D eigenvalue weighted by atomic mass is 16.4. The fraction of sp³-hybridized carbons (Fsp3) is 0.583. The number of hydrogen-bond donors (Lipinski definition) is 2. The second-order valence-electron chi connectivity index (χ2n) is 4.19. The summed E-state index contributed by atoms with van der Waals surface area (Å²) < 4.78 is 1.59. The summed E-state index contributed by atoms with van der Waals surface area (Å²) >= 11 is 0. The standard InChI is InChI=1S/C12H19N3O3/c1-4-8(6-11(16)17)13-12(18)9-7-15(3)14-10(9)5-2/h7-8H,4-6H2,1-3H3,(H,13,18)(H,16,17). The molecule has 0 radical (unpaired) electrons. The van der Waals surface area contributed by atoms with Gasteiger partial charge in [0.15, 0.2) is 0 Å². The van der Waals surface area contributed by atoms with Crippen LogP contribution in [0.15, 0.2) is 6.20 Å². The van der Waals surface area contributed by atoms with Crippen LogP contribution in [0.2, 0.25) is 0 Å². The molecule has 0 aliphatic rings. The van der Waals surface area contributed by atoms with Gasteiger partial charge in [-0.3, -0.25) is 14.3 Å². The summed E-state index contributed by atoms with van der Waals surface area (Å²) in [7, 11) is 1.75. The van der Waals surface area contributed by atoms with Gasteiger partial charge < -0.3 is 10.4 Å². The van der Waals surface area contributed by atoms with E-state index in [1.807, 2.05) is 13.8 Å². The highest BCUT2D eigenvalue weighted by molar-refractivity contribution is 5.95. The molecular formula is C12H19N3O3. The first-order chi connectivity index (χ1) is 8.47. The smallest absolute Gasteiger partial charge is 0.305 e. The molecule has 1 aromatic rings. The highest BCUT2D eigenvalue weighted by Gasteiger charge is 2.19. The van der Waals surface area contributed by atoms with Gasteiger partial charge in [0.2, 0.25) is 0 Å². The van der Waals surface area contributed by atoms with Crippen molar-refractivity contribution in [3.8, 4) is 0 Å². The first-order valence-corrected chi connectivity index (χ1v) is 6.03. The topological polar surface area (TPSA) is 84.2 Å². The molecule has 6 heteroatoms. The molecule has 0 fully saturated rings. The molecule has 0 saturated heterocycles. The first kappa shape index (κ1) is 14.2. The maximum atomic E-state index is 12.0. The Kier molecular flexibility index (Phi) is 4.88. The van der Waals surface area contributed by atoms with Crippen LogP contribution in [-0.2, 0) is 18.3 Å². The minimum absolute atomic E-state index is 0.0655. The zero-order valence-electron chi connectivity index (χ0n) is 10.9. The van der Waals surface area contributed by atoms with Crippen molar-refractivity contribution >= 4 is 11.9 Å². The molecule has 1 amide bonds. The number of carbonyl (C=O) groups excluding carboxylic acids is 1. The van der Waals surface area contributed by atoms with Crippen LogP contribution in [-0.4, -0.2) is 32.8 Å². The molecule has 0 aliphatic heterocycles. The predicted molar refractivity (Wildman–Crippen MR) is 66.4 cm³/mol. The lowest BCUT2D eigenvalue weighted by Gasteiger charge is -2.14. The molecule has 1 unspecified atom stereocenters. The van der Waals surface area contributed by atoms with Gasteiger partial charge in [-0.15, -0.1) is 0 Å². The van der Waals surface area contributed by atoms with Crippen LogP contribution >= 0.6 is 0 Å². The van der Waals surface area contributed by atoms with Crippen molar-refractivity contribution in [2.75, 3.05) is 0 Å². The lowest BCUT2D eigenvalue weighted by molar-refractivity contribution is -0.137. The maximum Gasteiger partial charge on any atom is 0.305 e. The van der Waals surface area contributed by atoms with Crippen LogP contribution in [0.3, 0.4) is 0 Å². The molecule has 1 aromatic heterocycles. The van der Waals surface area contributed by atoms with Crippen LogP contribution in [0.25, 0.3) is 0 Å². The van der Waals surface area contributed by atoms with Gasteiger partial charge in [0, 0.05) is 19.3 Å². The highest BCUT2D eigenvalue weighted by Crippen LogP contribution is 2.08. The fourth-order valence-electron chi connectivity index (χ4n) is 1.76. The van der Waals surface area contributed by atoms with Gasteiger partial charge in [-0.05, 0) is 12.8 Å². The van der Waals surface area contributed by atoms with E-state index < -0.39 is 5.97 Å². The number of nitrogens with one attached hydrogen (secondary N) is 1. The lowest BCUT2D eigenvalue weighted by atomic mass is 10.1. The van der Waals surface area contributed by atoms with E-state index in [2.05, 4.69) is 10.4 Å². The van der Waals surface area contributed by atoms with E-state index in [4.69, 9.17) is 5.11 Å². The molecule has 2 N–H and O–H groups in total. The predicted octanol–water partition coefficient (Wildman–Crippen LogP) is 0.966. The van der Waals surface area contributed by atoms with Gasteiger partial charge in [-0.25, -0.2) is 0 Å². The van der Waals surface area contributed by atoms with Crippen molar-refractivity contribution in [3.05, 3.63) is 17.5 Å². The van der Waals surface area contributed by atoms with Crippen LogP contribution in [0.5, 0.6) is 0 Å². The summed E-state index contributed by atoms with van der Waals surface area (Å²) in [4.78, 5) is 22.7. The Morgan fingerprint density at radius 1 is 1.50 bits per heavy atom. The first-order valence-electron chi connectivity index (χ1n) is 6.03. The molecule has 0 spiro atoms. The van der Waals surface area contributed by atoms with E-state index in [0.717, 1.165) is 5.69 Å². The molecule has 1 atom stereocenters. The third kappa shape index (κ3) is 3.58. The summed E-state index contributed by atoms with van der Waals surface area (Å²) in [5.41, 5.74) is 1.24. The van der Waals surface area contributed by atoms with Crippen molar-refractivity contribution in [1.82, 2.24) is 15.1 Å². The van der Waals surface area contributed by atoms with Crippen molar-refractivity contribution < 1.29 is 14.7 Å². The summed E-state index contributed by atoms with van der Waals surface area (Å²) in [6, 6.07) is -0.347. The lowest BCUT2D eigenvalue weighted by Crippen LogP contribution is -2.36. The average molecular weight is 253 g/mol. The fourth-order valence-corrected chi connectivity index (χ4v) is 1.76. The van der Waals surface area contributed by atoms with Gasteiger partial charge in [-0.2, -0.15) is 5.10 Å².